The zero-order valence-electron chi connectivity index (χ0n) is 15.1. The molecule has 0 saturated carbocycles. The van der Waals surface area contributed by atoms with Crippen molar-refractivity contribution >= 4 is 12.1 Å². The van der Waals surface area contributed by atoms with Crippen molar-refractivity contribution in [2.75, 3.05) is 13.2 Å². The lowest BCUT2D eigenvalue weighted by atomic mass is 9.49. The van der Waals surface area contributed by atoms with Crippen molar-refractivity contribution in [1.29, 1.82) is 0 Å². The molecule has 0 unspecified atom stereocenters. The Labute approximate surface area is 144 Å². The lowest BCUT2D eigenvalue weighted by Gasteiger charge is -2.52. The van der Waals surface area contributed by atoms with E-state index in [-0.39, 0.29) is 23.0 Å². The van der Waals surface area contributed by atoms with Crippen LogP contribution in [0.5, 0.6) is 0 Å². The van der Waals surface area contributed by atoms with Gasteiger partial charge in [-0.15, -0.1) is 0 Å². The van der Waals surface area contributed by atoms with Crippen LogP contribution in [0.3, 0.4) is 0 Å². The van der Waals surface area contributed by atoms with E-state index in [2.05, 4.69) is 19.9 Å². The van der Waals surface area contributed by atoms with Crippen molar-refractivity contribution in [3.05, 3.63) is 23.8 Å². The van der Waals surface area contributed by atoms with Gasteiger partial charge in [-0.1, -0.05) is 31.6 Å². The molecule has 1 aliphatic heterocycles. The van der Waals surface area contributed by atoms with E-state index >= 15 is 0 Å². The molecule has 4 heteroatoms. The zero-order valence-corrected chi connectivity index (χ0v) is 15.1. The van der Waals surface area contributed by atoms with Crippen LogP contribution in [-0.2, 0) is 19.1 Å². The van der Waals surface area contributed by atoms with Crippen LogP contribution in [-0.4, -0.2) is 31.1 Å². The molecule has 0 spiro atoms. The third-order valence-electron chi connectivity index (χ3n) is 6.35. The lowest BCUT2D eigenvalue weighted by Crippen LogP contribution is -2.55. The molecule has 0 aromatic heterocycles. The van der Waals surface area contributed by atoms with Crippen molar-refractivity contribution in [3.8, 4) is 0 Å². The van der Waals surface area contributed by atoms with Gasteiger partial charge in [-0.2, -0.15) is 0 Å². The highest BCUT2D eigenvalue weighted by molar-refractivity contribution is 6.07. The number of ketones is 1. The largest absolute Gasteiger partial charge is 0.348 e. The molecular formula is C20H28O4. The van der Waals surface area contributed by atoms with Gasteiger partial charge in [0, 0.05) is 6.42 Å². The molecule has 1 saturated heterocycles. The van der Waals surface area contributed by atoms with Gasteiger partial charge in [0.1, 0.15) is 6.29 Å². The fourth-order valence-corrected chi connectivity index (χ4v) is 4.87. The van der Waals surface area contributed by atoms with Crippen LogP contribution in [0.15, 0.2) is 23.8 Å². The summed E-state index contributed by atoms with van der Waals surface area (Å²) in [6, 6.07) is 0. The Morgan fingerprint density at radius 3 is 2.54 bits per heavy atom. The SMILES string of the molecule is CC1=CC[C@H]2C(C)(C)C=CC(=O)[C@@]2(C=O)[C@@H]1CCC1(C)OCCO1. The van der Waals surface area contributed by atoms with E-state index in [4.69, 9.17) is 9.47 Å². The Morgan fingerprint density at radius 1 is 1.25 bits per heavy atom. The highest BCUT2D eigenvalue weighted by Crippen LogP contribution is 2.56. The maximum Gasteiger partial charge on any atom is 0.169 e. The Hall–Kier alpha value is -1.26. The Bertz CT molecular complexity index is 595. The molecule has 4 nitrogen and oxygen atoms in total. The maximum atomic E-state index is 12.9. The van der Waals surface area contributed by atoms with Gasteiger partial charge < -0.3 is 14.3 Å². The second-order valence-electron chi connectivity index (χ2n) is 8.23. The molecule has 0 amide bonds. The Morgan fingerprint density at radius 2 is 1.92 bits per heavy atom. The number of hydrogen-bond donors (Lipinski definition) is 0. The number of hydrogen-bond acceptors (Lipinski definition) is 4. The number of ether oxygens (including phenoxy) is 2. The van der Waals surface area contributed by atoms with Gasteiger partial charge in [0.05, 0.1) is 18.6 Å². The average molecular weight is 332 g/mol. The summed E-state index contributed by atoms with van der Waals surface area (Å²) in [7, 11) is 0. The summed E-state index contributed by atoms with van der Waals surface area (Å²) in [6.07, 6.45) is 8.91. The zero-order chi connectivity index (χ0) is 17.6. The Balaban J connectivity index is 1.95. The third kappa shape index (κ3) is 2.60. The predicted octanol–water partition coefficient (Wildman–Crippen LogP) is 3.46. The normalized spacial score (nSPS) is 37.0. The molecule has 3 aliphatic rings. The molecule has 3 rings (SSSR count). The molecule has 0 aromatic carbocycles. The van der Waals surface area contributed by atoms with Gasteiger partial charge in [0.2, 0.25) is 0 Å². The molecule has 3 atom stereocenters. The van der Waals surface area contributed by atoms with E-state index in [1.54, 1.807) is 6.08 Å². The van der Waals surface area contributed by atoms with E-state index < -0.39 is 11.2 Å². The fraction of sp³-hybridized carbons (Fsp3) is 0.700. The summed E-state index contributed by atoms with van der Waals surface area (Å²) in [5.74, 6) is -0.722. The van der Waals surface area contributed by atoms with Crippen LogP contribution in [0.2, 0.25) is 0 Å². The monoisotopic (exact) mass is 332 g/mol. The van der Waals surface area contributed by atoms with Crippen molar-refractivity contribution in [3.63, 3.8) is 0 Å². The number of fused-ring (bicyclic) bond motifs is 1. The van der Waals surface area contributed by atoms with Crippen molar-refractivity contribution < 1.29 is 19.1 Å². The van der Waals surface area contributed by atoms with Crippen LogP contribution in [0.1, 0.15) is 47.0 Å². The molecule has 24 heavy (non-hydrogen) atoms. The number of allylic oxidation sites excluding steroid dienone is 4. The van der Waals surface area contributed by atoms with Gasteiger partial charge in [0.15, 0.2) is 11.6 Å². The number of carbonyl (C=O) groups excluding carboxylic acids is 2. The summed E-state index contributed by atoms with van der Waals surface area (Å²) in [4.78, 5) is 25.2. The number of aldehydes is 1. The summed E-state index contributed by atoms with van der Waals surface area (Å²) in [6.45, 7) is 9.44. The molecule has 2 aliphatic carbocycles. The summed E-state index contributed by atoms with van der Waals surface area (Å²) in [5.41, 5.74) is 0.0139. The Kier molecular flexibility index (Phi) is 4.33. The smallest absolute Gasteiger partial charge is 0.169 e. The van der Waals surface area contributed by atoms with E-state index in [1.807, 2.05) is 19.9 Å². The summed E-state index contributed by atoms with van der Waals surface area (Å²) >= 11 is 0. The molecule has 0 aromatic rings. The first-order valence-corrected chi connectivity index (χ1v) is 8.90. The highest BCUT2D eigenvalue weighted by Gasteiger charge is 2.58. The second-order valence-corrected chi connectivity index (χ2v) is 8.23. The van der Waals surface area contributed by atoms with Gasteiger partial charge in [-0.3, -0.25) is 4.79 Å². The minimum Gasteiger partial charge on any atom is -0.348 e. The highest BCUT2D eigenvalue weighted by atomic mass is 16.7. The van der Waals surface area contributed by atoms with Crippen molar-refractivity contribution in [2.24, 2.45) is 22.7 Å². The van der Waals surface area contributed by atoms with Gasteiger partial charge >= 0.3 is 0 Å². The minimum absolute atomic E-state index is 0.00641. The van der Waals surface area contributed by atoms with Crippen LogP contribution in [0.4, 0.5) is 0 Å². The first-order valence-electron chi connectivity index (χ1n) is 8.90. The third-order valence-corrected chi connectivity index (χ3v) is 6.35. The van der Waals surface area contributed by atoms with Crippen LogP contribution in [0.25, 0.3) is 0 Å². The first kappa shape index (κ1) is 17.6. The second kappa shape index (κ2) is 5.92. The van der Waals surface area contributed by atoms with Gasteiger partial charge in [-0.25, -0.2) is 0 Å². The van der Waals surface area contributed by atoms with Crippen LogP contribution < -0.4 is 0 Å². The molecule has 0 bridgehead atoms. The first-order chi connectivity index (χ1) is 11.3. The summed E-state index contributed by atoms with van der Waals surface area (Å²) < 4.78 is 11.4. The molecule has 1 heterocycles. The molecule has 0 radical (unpaired) electrons. The lowest BCUT2D eigenvalue weighted by molar-refractivity contribution is -0.157. The van der Waals surface area contributed by atoms with E-state index in [0.717, 1.165) is 18.3 Å². The van der Waals surface area contributed by atoms with Gasteiger partial charge in [0.25, 0.3) is 0 Å². The van der Waals surface area contributed by atoms with Crippen molar-refractivity contribution in [2.45, 2.75) is 52.7 Å². The molecular weight excluding hydrogens is 304 g/mol. The maximum absolute atomic E-state index is 12.9. The standard InChI is InChI=1S/C20H28O4/c1-14-5-6-16-18(2,3)9-8-17(22)20(16,13-21)15(14)7-10-19(4)23-11-12-24-19/h5,8-9,13,15-16H,6-7,10-12H2,1-4H3/t15-,16+,20+/m1/s1. The quantitative estimate of drug-likeness (QED) is 0.449. The minimum atomic E-state index is -0.952. The van der Waals surface area contributed by atoms with Crippen LogP contribution in [0, 0.1) is 22.7 Å². The molecule has 1 fully saturated rings. The van der Waals surface area contributed by atoms with E-state index in [0.29, 0.717) is 26.1 Å². The van der Waals surface area contributed by atoms with Gasteiger partial charge in [-0.05, 0) is 50.0 Å². The summed E-state index contributed by atoms with van der Waals surface area (Å²) in [5, 5.41) is 0. The van der Waals surface area contributed by atoms with Crippen molar-refractivity contribution in [1.82, 2.24) is 0 Å². The molecule has 132 valence electrons. The predicted molar refractivity (Wildman–Crippen MR) is 91.3 cm³/mol. The van der Waals surface area contributed by atoms with E-state index in [1.165, 1.54) is 0 Å². The molecule has 0 N–H and O–H groups in total. The average Bonchev–Trinajstić information content (AvgIpc) is 2.96. The topological polar surface area (TPSA) is 52.6 Å². The fourth-order valence-electron chi connectivity index (χ4n) is 4.87. The number of rotatable bonds is 4. The number of carbonyl (C=O) groups is 2. The van der Waals surface area contributed by atoms with Crippen LogP contribution >= 0.6 is 0 Å². The van der Waals surface area contributed by atoms with E-state index in [9.17, 15) is 9.59 Å².